The van der Waals surface area contributed by atoms with E-state index in [1.165, 1.54) is 0 Å². The first kappa shape index (κ1) is 18.5. The molecule has 0 aliphatic carbocycles. The van der Waals surface area contributed by atoms with Crippen LogP contribution in [0.5, 0.6) is 0 Å². The van der Waals surface area contributed by atoms with Gasteiger partial charge in [-0.3, -0.25) is 0 Å². The van der Waals surface area contributed by atoms with Crippen molar-refractivity contribution in [3.63, 3.8) is 0 Å². The van der Waals surface area contributed by atoms with Gasteiger partial charge in [0.25, 0.3) is 0 Å². The van der Waals surface area contributed by atoms with Crippen molar-refractivity contribution in [3.8, 4) is 22.4 Å². The number of nitrogen functional groups attached to an aromatic ring is 1. The molecule has 144 valence electrons. The van der Waals surface area contributed by atoms with Crippen molar-refractivity contribution < 1.29 is 4.79 Å². The van der Waals surface area contributed by atoms with E-state index < -0.39 is 0 Å². The number of ketones is 1. The predicted octanol–water partition coefficient (Wildman–Crippen LogP) is 4.83. The van der Waals surface area contributed by atoms with Crippen molar-refractivity contribution in [2.24, 2.45) is 0 Å². The molecule has 5 heteroatoms. The third kappa shape index (κ3) is 3.14. The van der Waals surface area contributed by atoms with Crippen LogP contribution in [-0.2, 0) is 0 Å². The third-order valence-corrected chi connectivity index (χ3v) is 7.29. The Hall–Kier alpha value is -3.53. The Bertz CT molecular complexity index is 1350. The van der Waals surface area contributed by atoms with Crippen molar-refractivity contribution in [3.05, 3.63) is 101 Å². The maximum atomic E-state index is 13.2. The molecule has 2 N–H and O–H groups in total. The Kier molecular flexibility index (Phi) is 4.75. The summed E-state index contributed by atoms with van der Waals surface area (Å²) in [5.41, 5.74) is 11.5. The van der Waals surface area contributed by atoms with Gasteiger partial charge in [-0.15, -0.1) is 0 Å². The topological polar surface area (TPSA) is 68.9 Å². The SMILES string of the molecule is Nc1c(C(=O)c2ccccc2)[se]c2nnc(-c3ccccc3)c(-c3ccccc3)c12. The molecule has 0 saturated heterocycles. The second-order valence-electron chi connectivity index (χ2n) is 6.88. The molecule has 5 aromatic rings. The summed E-state index contributed by atoms with van der Waals surface area (Å²) in [6, 6.07) is 29.3. The molecule has 30 heavy (non-hydrogen) atoms. The first-order valence-corrected chi connectivity index (χ1v) is 11.2. The van der Waals surface area contributed by atoms with Crippen LogP contribution in [0, 0.1) is 0 Å². The molecule has 0 saturated carbocycles. The van der Waals surface area contributed by atoms with E-state index in [-0.39, 0.29) is 20.3 Å². The van der Waals surface area contributed by atoms with E-state index in [9.17, 15) is 4.79 Å². The molecule has 0 aliphatic rings. The number of rotatable bonds is 4. The summed E-state index contributed by atoms with van der Waals surface area (Å²) in [4.78, 5) is 13.2. The van der Waals surface area contributed by atoms with Crippen molar-refractivity contribution in [2.75, 3.05) is 5.73 Å². The summed E-state index contributed by atoms with van der Waals surface area (Å²) in [5.74, 6) is -0.0358. The number of carbonyl (C=O) groups is 1. The van der Waals surface area contributed by atoms with Gasteiger partial charge in [-0.2, -0.15) is 0 Å². The molecule has 0 radical (unpaired) electrons. The van der Waals surface area contributed by atoms with E-state index in [1.807, 2.05) is 91.0 Å². The van der Waals surface area contributed by atoms with E-state index in [1.54, 1.807) is 0 Å². The van der Waals surface area contributed by atoms with Crippen LogP contribution in [0.15, 0.2) is 91.0 Å². The van der Waals surface area contributed by atoms with Gasteiger partial charge in [0.2, 0.25) is 0 Å². The molecule has 3 aromatic carbocycles. The summed E-state index contributed by atoms with van der Waals surface area (Å²) >= 11 is -0.294. The average molecular weight is 454 g/mol. The first-order chi connectivity index (χ1) is 14.7. The van der Waals surface area contributed by atoms with E-state index >= 15 is 0 Å². The Morgan fingerprint density at radius 2 is 1.30 bits per heavy atom. The van der Waals surface area contributed by atoms with Crippen LogP contribution in [0.25, 0.3) is 32.2 Å². The molecule has 0 bridgehead atoms. The van der Waals surface area contributed by atoms with E-state index in [4.69, 9.17) is 5.73 Å². The van der Waals surface area contributed by atoms with Gasteiger partial charge in [-0.05, 0) is 0 Å². The number of nitrogens with zero attached hydrogens (tertiary/aromatic N) is 2. The van der Waals surface area contributed by atoms with Crippen LogP contribution in [0.3, 0.4) is 0 Å². The van der Waals surface area contributed by atoms with Crippen molar-refractivity contribution in [1.29, 1.82) is 0 Å². The fourth-order valence-corrected chi connectivity index (χ4v) is 5.70. The normalized spacial score (nSPS) is 10.9. The van der Waals surface area contributed by atoms with Crippen molar-refractivity contribution >= 4 is 35.8 Å². The van der Waals surface area contributed by atoms with E-state index in [2.05, 4.69) is 10.2 Å². The molecule has 0 spiro atoms. The molecule has 0 atom stereocenters. The molecule has 0 amide bonds. The zero-order valence-corrected chi connectivity index (χ0v) is 17.7. The van der Waals surface area contributed by atoms with Crippen LogP contribution >= 0.6 is 0 Å². The number of nitrogens with two attached hydrogens (primary N) is 1. The van der Waals surface area contributed by atoms with Crippen LogP contribution in [-0.4, -0.2) is 30.5 Å². The zero-order valence-electron chi connectivity index (χ0n) is 15.9. The Labute approximate surface area is 179 Å². The maximum absolute atomic E-state index is 13.2. The van der Waals surface area contributed by atoms with Gasteiger partial charge >= 0.3 is 180 Å². The Morgan fingerprint density at radius 3 is 1.93 bits per heavy atom. The molecule has 2 heterocycles. The minimum atomic E-state index is -0.294. The fraction of sp³-hybridized carbons (Fsp3) is 0. The summed E-state index contributed by atoms with van der Waals surface area (Å²) < 4.78 is 1.44. The summed E-state index contributed by atoms with van der Waals surface area (Å²) in [6.45, 7) is 0. The fourth-order valence-electron chi connectivity index (χ4n) is 3.58. The van der Waals surface area contributed by atoms with Gasteiger partial charge in [-0.25, -0.2) is 0 Å². The quantitative estimate of drug-likeness (QED) is 0.312. The summed E-state index contributed by atoms with van der Waals surface area (Å²) in [5, 5.41) is 9.91. The summed E-state index contributed by atoms with van der Waals surface area (Å²) in [6.07, 6.45) is 0. The molecular weight excluding hydrogens is 437 g/mol. The minimum absolute atomic E-state index is 0.0358. The van der Waals surface area contributed by atoms with E-state index in [0.29, 0.717) is 15.7 Å². The van der Waals surface area contributed by atoms with Gasteiger partial charge < -0.3 is 0 Å². The van der Waals surface area contributed by atoms with E-state index in [0.717, 1.165) is 32.2 Å². The molecule has 0 aliphatic heterocycles. The molecule has 2 aromatic heterocycles. The number of fused-ring (bicyclic) bond motifs is 1. The van der Waals surface area contributed by atoms with Crippen LogP contribution in [0.4, 0.5) is 5.69 Å². The third-order valence-electron chi connectivity index (χ3n) is 5.01. The number of hydrogen-bond donors (Lipinski definition) is 1. The number of hydrogen-bond acceptors (Lipinski definition) is 4. The van der Waals surface area contributed by atoms with Gasteiger partial charge in [-0.1, -0.05) is 0 Å². The second kappa shape index (κ2) is 7.71. The predicted molar refractivity (Wildman–Crippen MR) is 122 cm³/mol. The summed E-state index contributed by atoms with van der Waals surface area (Å²) in [7, 11) is 0. The Morgan fingerprint density at radius 1 is 0.733 bits per heavy atom. The molecule has 0 unspecified atom stereocenters. The van der Waals surface area contributed by atoms with Crippen LogP contribution in [0.1, 0.15) is 14.8 Å². The van der Waals surface area contributed by atoms with Gasteiger partial charge in [0.15, 0.2) is 0 Å². The van der Waals surface area contributed by atoms with Crippen LogP contribution in [0.2, 0.25) is 0 Å². The van der Waals surface area contributed by atoms with Crippen molar-refractivity contribution in [1.82, 2.24) is 10.2 Å². The van der Waals surface area contributed by atoms with Gasteiger partial charge in [0.1, 0.15) is 0 Å². The van der Waals surface area contributed by atoms with Crippen molar-refractivity contribution in [2.45, 2.75) is 0 Å². The molecule has 4 nitrogen and oxygen atoms in total. The monoisotopic (exact) mass is 455 g/mol. The number of benzene rings is 3. The Balaban J connectivity index is 1.80. The molecular formula is C25H17N3OSe. The average Bonchev–Trinajstić information content (AvgIpc) is 3.16. The zero-order chi connectivity index (χ0) is 20.5. The van der Waals surface area contributed by atoms with Gasteiger partial charge in [0.05, 0.1) is 0 Å². The van der Waals surface area contributed by atoms with Crippen LogP contribution < -0.4 is 5.73 Å². The number of carbonyl (C=O) groups excluding carboxylic acids is 1. The number of aromatic nitrogens is 2. The second-order valence-corrected chi connectivity index (χ2v) is 8.97. The molecule has 0 fully saturated rings. The first-order valence-electron chi connectivity index (χ1n) is 9.53. The standard InChI is InChI=1S/C25H17N3OSe/c26-21-20-19(16-10-4-1-5-11-16)22(17-12-6-2-7-13-17)27-28-25(20)30-24(21)23(29)18-14-8-3-9-15-18/h1-15H,26H2. The number of anilines is 1. The van der Waals surface area contributed by atoms with Gasteiger partial charge in [0, 0.05) is 0 Å². The molecule has 5 rings (SSSR count).